The first-order chi connectivity index (χ1) is 0. The van der Waals surface area contributed by atoms with Crippen LogP contribution < -0.4 is 279 Å². The van der Waals surface area contributed by atoms with Crippen molar-refractivity contribution in [1.29, 1.82) is 0 Å². The summed E-state index contributed by atoms with van der Waals surface area (Å²) in [7, 11) is 0. The van der Waals surface area contributed by atoms with Gasteiger partial charge in [-0.25, -0.2) is 0 Å². The second-order valence-corrected chi connectivity index (χ2v) is 0. The first kappa shape index (κ1) is 36.7. The summed E-state index contributed by atoms with van der Waals surface area (Å²) in [6.45, 7) is 0. The van der Waals surface area contributed by atoms with E-state index in [1.165, 1.54) is 0 Å². The van der Waals surface area contributed by atoms with Crippen LogP contribution in [-0.4, -0.2) is 0 Å². The topological polar surface area (TPSA) is 0 Å². The third kappa shape index (κ3) is 22.8. The molecule has 0 aromatic heterocycles. The normalized spacial score (nSPS) is 0. The molecule has 0 atom stereocenters. The smallest absolute Gasteiger partial charge is 1.00 e. The molecule has 0 aromatic rings. The molecule has 24 valence electrons. The Morgan fingerprint density at radius 3 is 0.333 bits per heavy atom. The van der Waals surface area contributed by atoms with Gasteiger partial charge in [0.05, 0.1) is 0 Å². The minimum Gasteiger partial charge on any atom is -1.00 e. The molecule has 0 amide bonds. The molecule has 0 bridgehead atoms. The fourth-order valence-electron chi connectivity index (χ4n) is 0. The van der Waals surface area contributed by atoms with E-state index in [2.05, 4.69) is 0 Å². The zero-order chi connectivity index (χ0) is 0. The molecule has 0 fully saturated rings. The van der Waals surface area contributed by atoms with Crippen molar-refractivity contribution >= 4 is 0 Å². The first-order valence-corrected chi connectivity index (χ1v) is 0. The minimum absolute atomic E-state index is 0. The van der Waals surface area contributed by atoms with Crippen molar-refractivity contribution in [2.75, 3.05) is 0 Å². The van der Waals surface area contributed by atoms with Crippen molar-refractivity contribution in [2.45, 2.75) is 0 Å². The van der Waals surface area contributed by atoms with Crippen LogP contribution in [0.4, 0.5) is 0 Å². The van der Waals surface area contributed by atoms with Gasteiger partial charge in [-0.05, 0) is 0 Å². The summed E-state index contributed by atoms with van der Waals surface area (Å²) < 4.78 is 0. The molecule has 0 saturated carbocycles. The molecule has 0 unspecified atom stereocenters. The summed E-state index contributed by atoms with van der Waals surface area (Å²) in [5.74, 6) is 0. The largest absolute Gasteiger partial charge is 1.00 e. The van der Waals surface area contributed by atoms with Gasteiger partial charge in [-0.2, -0.15) is 0 Å². The summed E-state index contributed by atoms with van der Waals surface area (Å²) in [5, 5.41) is 0. The van der Waals surface area contributed by atoms with Gasteiger partial charge in [0.25, 0.3) is 0 Å². The predicted octanol–water partition coefficient (Wildman–Crippen LogP) is -18.0. The third-order valence-electron chi connectivity index (χ3n) is 0. The van der Waals surface area contributed by atoms with E-state index in [0.29, 0.717) is 0 Å². The van der Waals surface area contributed by atoms with Crippen LogP contribution in [0.2, 0.25) is 0 Å². The Morgan fingerprint density at radius 1 is 0.333 bits per heavy atom. The Bertz CT molecular complexity index is 6.00. The second kappa shape index (κ2) is 29.2. The predicted molar refractivity (Wildman–Crippen MR) is 0 cm³/mol. The Morgan fingerprint density at radius 2 is 0.333 bits per heavy atom. The van der Waals surface area contributed by atoms with Crippen LogP contribution in [0.3, 0.4) is 0 Å². The van der Waals surface area contributed by atoms with Crippen LogP contribution >= 0.6 is 0 Å². The molecule has 0 aliphatic heterocycles. The van der Waals surface area contributed by atoms with E-state index < -0.39 is 0 Å². The third-order valence-corrected chi connectivity index (χ3v) is 0. The molecule has 0 saturated heterocycles. The van der Waals surface area contributed by atoms with Crippen LogP contribution in [-0.2, 0) is 0 Å². The van der Waals surface area contributed by atoms with Crippen LogP contribution in [0.15, 0.2) is 0 Å². The van der Waals surface area contributed by atoms with Gasteiger partial charge in [0.2, 0.25) is 0 Å². The van der Waals surface area contributed by atoms with Gasteiger partial charge in [0.15, 0.2) is 0 Å². The molecule has 0 rings (SSSR count). The van der Waals surface area contributed by atoms with Crippen molar-refractivity contribution in [3.8, 4) is 0 Å². The summed E-state index contributed by atoms with van der Waals surface area (Å²) in [4.78, 5) is 0. The molecule has 0 spiro atoms. The summed E-state index contributed by atoms with van der Waals surface area (Å²) >= 11 is 0. The molecular weight excluding hydrogens is 779 g/mol. The number of halogens is 3. The molecule has 0 radical (unpaired) electrons. The van der Waals surface area contributed by atoms with Crippen molar-refractivity contribution in [3.05, 3.63) is 0 Å². The van der Waals surface area contributed by atoms with E-state index in [-0.39, 0.29) is 279 Å². The monoisotopic (exact) mass is 779 g/mol. The van der Waals surface area contributed by atoms with Gasteiger partial charge in [0.1, 0.15) is 0 Å². The van der Waals surface area contributed by atoms with E-state index in [1.807, 2.05) is 0 Å². The fourth-order valence-corrected chi connectivity index (χ4v) is 0. The molecule has 0 aliphatic carbocycles. The average Bonchev–Trinajstić information content (AvgIpc) is 0. The van der Waals surface area contributed by atoms with Crippen molar-refractivity contribution in [2.24, 2.45) is 0 Å². The Balaban J connectivity index is 0. The second-order valence-electron chi connectivity index (χ2n) is 0. The Kier molecular flexibility index (Phi) is 179. The standard InChI is InChI=1S/3Cs.3HI/h;;;3*1H/q3*+1;;;/p-3. The quantitative estimate of drug-likeness (QED) is 0.215. The van der Waals surface area contributed by atoms with Crippen molar-refractivity contribution in [3.63, 3.8) is 0 Å². The minimum atomic E-state index is 0. The van der Waals surface area contributed by atoms with E-state index in [4.69, 9.17) is 0 Å². The van der Waals surface area contributed by atoms with E-state index >= 15 is 0 Å². The molecule has 0 nitrogen and oxygen atoms in total. The molecule has 0 aliphatic rings. The van der Waals surface area contributed by atoms with Gasteiger partial charge < -0.3 is 71.9 Å². The molecule has 6 heavy (non-hydrogen) atoms. The number of rotatable bonds is 0. The van der Waals surface area contributed by atoms with Crippen LogP contribution in [0.25, 0.3) is 0 Å². The molecule has 0 heterocycles. The van der Waals surface area contributed by atoms with Crippen LogP contribution in [0.5, 0.6) is 0 Å². The Hall–Kier alpha value is 8.35. The first-order valence-electron chi connectivity index (χ1n) is 0. The average molecular weight is 779 g/mol. The van der Waals surface area contributed by atoms with Gasteiger partial charge in [0, 0.05) is 0 Å². The molecule has 6 heteroatoms. The maximum absolute atomic E-state index is 0. The van der Waals surface area contributed by atoms with Crippen LogP contribution in [0.1, 0.15) is 0 Å². The SMILES string of the molecule is [Cs+].[Cs+].[Cs+].[I-].[I-].[I-]. The van der Waals surface area contributed by atoms with E-state index in [0.717, 1.165) is 0 Å². The Labute approximate surface area is 267 Å². The van der Waals surface area contributed by atoms with Crippen molar-refractivity contribution < 1.29 is 279 Å². The maximum Gasteiger partial charge on any atom is 1.00 e. The summed E-state index contributed by atoms with van der Waals surface area (Å²) in [6, 6.07) is 0. The fraction of sp³-hybridized carbons (Fsp3) is 0. The zero-order valence-electron chi connectivity index (χ0n) is 4.13. The molecular formula is Cs3I3. The summed E-state index contributed by atoms with van der Waals surface area (Å²) in [5.41, 5.74) is 0. The van der Waals surface area contributed by atoms with Gasteiger partial charge >= 0.3 is 207 Å². The molecule has 0 N–H and O–H groups in total. The zero-order valence-corrected chi connectivity index (χ0v) is 29.4. The number of hydrogen-bond donors (Lipinski definition) is 0. The van der Waals surface area contributed by atoms with Gasteiger partial charge in [-0.1, -0.05) is 0 Å². The molecule has 0 aromatic carbocycles. The van der Waals surface area contributed by atoms with Gasteiger partial charge in [-0.3, -0.25) is 0 Å². The maximum atomic E-state index is 0. The summed E-state index contributed by atoms with van der Waals surface area (Å²) in [6.07, 6.45) is 0. The van der Waals surface area contributed by atoms with Gasteiger partial charge in [-0.15, -0.1) is 0 Å². The van der Waals surface area contributed by atoms with E-state index in [9.17, 15) is 0 Å². The van der Waals surface area contributed by atoms with Crippen LogP contribution in [0, 0.1) is 0 Å². The van der Waals surface area contributed by atoms with Crippen molar-refractivity contribution in [1.82, 2.24) is 0 Å². The van der Waals surface area contributed by atoms with E-state index in [1.54, 1.807) is 0 Å². The number of hydrogen-bond acceptors (Lipinski definition) is 0.